The number of amides is 2. The van der Waals surface area contributed by atoms with Gasteiger partial charge in [0.25, 0.3) is 0 Å². The normalized spacial score (nSPS) is 12.2. The Morgan fingerprint density at radius 3 is 2.84 bits per heavy atom. The SMILES string of the molecule is CCCCN(CCO)C(=O)NC(C)c1cnn(C)c1. The molecule has 0 saturated carbocycles. The molecule has 0 fully saturated rings. The van der Waals surface area contributed by atoms with Crippen LogP contribution in [-0.2, 0) is 7.05 Å². The van der Waals surface area contributed by atoms with Crippen LogP contribution in [0.1, 0.15) is 38.3 Å². The molecule has 0 aliphatic carbocycles. The molecule has 0 aliphatic heterocycles. The number of unbranched alkanes of at least 4 members (excludes halogenated alkanes) is 1. The zero-order chi connectivity index (χ0) is 14.3. The molecule has 2 amide bonds. The summed E-state index contributed by atoms with van der Waals surface area (Å²) in [5, 5.41) is 16.0. The standard InChI is InChI=1S/C13H24N4O2/c1-4-5-6-17(7-8-18)13(19)15-11(2)12-9-14-16(3)10-12/h9-11,18H,4-8H2,1-3H3,(H,15,19). The van der Waals surface area contributed by atoms with Crippen LogP contribution in [0, 0.1) is 0 Å². The van der Waals surface area contributed by atoms with Gasteiger partial charge in [0.05, 0.1) is 18.8 Å². The van der Waals surface area contributed by atoms with E-state index >= 15 is 0 Å². The van der Waals surface area contributed by atoms with Crippen molar-refractivity contribution in [2.75, 3.05) is 19.7 Å². The van der Waals surface area contributed by atoms with Crippen LogP contribution in [0.5, 0.6) is 0 Å². The monoisotopic (exact) mass is 268 g/mol. The van der Waals surface area contributed by atoms with Crippen molar-refractivity contribution in [2.24, 2.45) is 7.05 Å². The molecular formula is C13H24N4O2. The van der Waals surface area contributed by atoms with Gasteiger partial charge in [-0.15, -0.1) is 0 Å². The molecule has 0 aliphatic rings. The largest absolute Gasteiger partial charge is 0.395 e. The summed E-state index contributed by atoms with van der Waals surface area (Å²) in [6, 6.07) is -0.233. The number of aliphatic hydroxyl groups excluding tert-OH is 1. The van der Waals surface area contributed by atoms with E-state index in [0.717, 1.165) is 18.4 Å². The van der Waals surface area contributed by atoms with Gasteiger partial charge in [-0.25, -0.2) is 4.79 Å². The van der Waals surface area contributed by atoms with Crippen LogP contribution in [-0.4, -0.2) is 45.5 Å². The Morgan fingerprint density at radius 2 is 2.32 bits per heavy atom. The van der Waals surface area contributed by atoms with Crippen molar-refractivity contribution in [3.63, 3.8) is 0 Å². The number of hydrogen-bond acceptors (Lipinski definition) is 3. The first kappa shape index (κ1) is 15.5. The molecule has 108 valence electrons. The van der Waals surface area contributed by atoms with Gasteiger partial charge in [0.2, 0.25) is 0 Å². The Morgan fingerprint density at radius 1 is 1.58 bits per heavy atom. The number of rotatable bonds is 7. The summed E-state index contributed by atoms with van der Waals surface area (Å²) in [6.45, 7) is 5.02. The van der Waals surface area contributed by atoms with Crippen LogP contribution in [0.15, 0.2) is 12.4 Å². The van der Waals surface area contributed by atoms with Gasteiger partial charge in [0.15, 0.2) is 0 Å². The number of aromatic nitrogens is 2. The highest BCUT2D eigenvalue weighted by Crippen LogP contribution is 2.11. The molecule has 0 saturated heterocycles. The molecule has 0 aromatic carbocycles. The number of carbonyl (C=O) groups is 1. The Labute approximate surface area is 114 Å². The molecule has 0 radical (unpaired) electrons. The van der Waals surface area contributed by atoms with Gasteiger partial charge in [-0.2, -0.15) is 5.10 Å². The van der Waals surface area contributed by atoms with Crippen molar-refractivity contribution in [3.8, 4) is 0 Å². The average molecular weight is 268 g/mol. The summed E-state index contributed by atoms with van der Waals surface area (Å²) < 4.78 is 1.71. The second kappa shape index (κ2) is 7.78. The van der Waals surface area contributed by atoms with Crippen LogP contribution < -0.4 is 5.32 Å². The summed E-state index contributed by atoms with van der Waals surface area (Å²) in [6.07, 6.45) is 5.59. The van der Waals surface area contributed by atoms with Crippen LogP contribution in [0.2, 0.25) is 0 Å². The number of aryl methyl sites for hydroxylation is 1. The van der Waals surface area contributed by atoms with E-state index in [2.05, 4.69) is 17.3 Å². The average Bonchev–Trinajstić information content (AvgIpc) is 2.81. The fraction of sp³-hybridized carbons (Fsp3) is 0.692. The smallest absolute Gasteiger partial charge is 0.317 e. The molecule has 1 atom stereocenters. The minimum atomic E-state index is -0.140. The van der Waals surface area contributed by atoms with E-state index in [1.165, 1.54) is 0 Å². The lowest BCUT2D eigenvalue weighted by atomic mass is 10.2. The van der Waals surface area contributed by atoms with Gasteiger partial charge >= 0.3 is 6.03 Å². The molecule has 0 spiro atoms. The van der Waals surface area contributed by atoms with E-state index in [1.54, 1.807) is 15.8 Å². The first-order chi connectivity index (χ1) is 9.08. The van der Waals surface area contributed by atoms with E-state index in [-0.39, 0.29) is 18.7 Å². The summed E-state index contributed by atoms with van der Waals surface area (Å²) in [4.78, 5) is 13.8. The summed E-state index contributed by atoms with van der Waals surface area (Å²) in [5.74, 6) is 0. The minimum Gasteiger partial charge on any atom is -0.395 e. The number of hydrogen-bond donors (Lipinski definition) is 2. The number of nitrogens with one attached hydrogen (secondary N) is 1. The topological polar surface area (TPSA) is 70.4 Å². The van der Waals surface area contributed by atoms with E-state index in [0.29, 0.717) is 13.1 Å². The lowest BCUT2D eigenvalue weighted by molar-refractivity contribution is 0.173. The molecule has 1 rings (SSSR count). The van der Waals surface area contributed by atoms with Gasteiger partial charge in [-0.3, -0.25) is 4.68 Å². The fourth-order valence-electron chi connectivity index (χ4n) is 1.81. The first-order valence-electron chi connectivity index (χ1n) is 6.73. The molecule has 0 bridgehead atoms. The first-order valence-corrected chi connectivity index (χ1v) is 6.73. The van der Waals surface area contributed by atoms with Crippen LogP contribution in [0.3, 0.4) is 0 Å². The predicted molar refractivity (Wildman–Crippen MR) is 73.7 cm³/mol. The zero-order valence-corrected chi connectivity index (χ0v) is 12.0. The molecule has 2 N–H and O–H groups in total. The lowest BCUT2D eigenvalue weighted by Crippen LogP contribution is -2.42. The van der Waals surface area contributed by atoms with Gasteiger partial charge in [0, 0.05) is 31.9 Å². The van der Waals surface area contributed by atoms with E-state index < -0.39 is 0 Å². The maximum Gasteiger partial charge on any atom is 0.317 e. The van der Waals surface area contributed by atoms with E-state index in [4.69, 9.17) is 5.11 Å². The van der Waals surface area contributed by atoms with Gasteiger partial charge in [-0.05, 0) is 13.3 Å². The summed E-state index contributed by atoms with van der Waals surface area (Å²) >= 11 is 0. The Balaban J connectivity index is 2.54. The van der Waals surface area contributed by atoms with Crippen LogP contribution >= 0.6 is 0 Å². The van der Waals surface area contributed by atoms with Gasteiger partial charge in [0.1, 0.15) is 0 Å². The van der Waals surface area contributed by atoms with E-state index in [9.17, 15) is 4.79 Å². The van der Waals surface area contributed by atoms with Crippen molar-refractivity contribution in [1.29, 1.82) is 0 Å². The molecule has 1 heterocycles. The number of carbonyl (C=O) groups excluding carboxylic acids is 1. The third-order valence-electron chi connectivity index (χ3n) is 3.00. The molecule has 1 aromatic rings. The highest BCUT2D eigenvalue weighted by molar-refractivity contribution is 5.74. The molecule has 1 aromatic heterocycles. The van der Waals surface area contributed by atoms with Crippen molar-refractivity contribution >= 4 is 6.03 Å². The molecule has 19 heavy (non-hydrogen) atoms. The maximum atomic E-state index is 12.1. The Hall–Kier alpha value is -1.56. The Bertz CT molecular complexity index is 392. The highest BCUT2D eigenvalue weighted by atomic mass is 16.3. The van der Waals surface area contributed by atoms with Crippen LogP contribution in [0.25, 0.3) is 0 Å². The number of aliphatic hydroxyl groups is 1. The third-order valence-corrected chi connectivity index (χ3v) is 3.00. The second-order valence-electron chi connectivity index (χ2n) is 4.68. The molecule has 6 heteroatoms. The highest BCUT2D eigenvalue weighted by Gasteiger charge is 2.16. The van der Waals surface area contributed by atoms with Crippen molar-refractivity contribution in [3.05, 3.63) is 18.0 Å². The van der Waals surface area contributed by atoms with Crippen molar-refractivity contribution < 1.29 is 9.90 Å². The maximum absolute atomic E-state index is 12.1. The lowest BCUT2D eigenvalue weighted by Gasteiger charge is -2.24. The van der Waals surface area contributed by atoms with Crippen LogP contribution in [0.4, 0.5) is 4.79 Å². The summed E-state index contributed by atoms with van der Waals surface area (Å²) in [5.41, 5.74) is 0.968. The van der Waals surface area contributed by atoms with Gasteiger partial charge < -0.3 is 15.3 Å². The minimum absolute atomic E-state index is 0.0155. The van der Waals surface area contributed by atoms with Crippen molar-refractivity contribution in [1.82, 2.24) is 20.0 Å². The number of nitrogens with zero attached hydrogens (tertiary/aromatic N) is 3. The molecular weight excluding hydrogens is 244 g/mol. The van der Waals surface area contributed by atoms with E-state index in [1.807, 2.05) is 20.2 Å². The number of urea groups is 1. The molecule has 1 unspecified atom stereocenters. The quantitative estimate of drug-likeness (QED) is 0.782. The molecule has 6 nitrogen and oxygen atoms in total. The Kier molecular flexibility index (Phi) is 6.35. The predicted octanol–water partition coefficient (Wildman–Crippen LogP) is 1.29. The van der Waals surface area contributed by atoms with Gasteiger partial charge in [-0.1, -0.05) is 13.3 Å². The fourth-order valence-corrected chi connectivity index (χ4v) is 1.81. The third kappa shape index (κ3) is 4.90. The second-order valence-corrected chi connectivity index (χ2v) is 4.68. The van der Waals surface area contributed by atoms with Crippen molar-refractivity contribution in [2.45, 2.75) is 32.7 Å². The zero-order valence-electron chi connectivity index (χ0n) is 12.0. The summed E-state index contributed by atoms with van der Waals surface area (Å²) in [7, 11) is 1.84.